The molecule has 0 bridgehead atoms. The smallest absolute Gasteiger partial charge is 0.233 e. The van der Waals surface area contributed by atoms with E-state index < -0.39 is 0 Å². The van der Waals surface area contributed by atoms with E-state index in [-0.39, 0.29) is 11.9 Å². The molecule has 1 amide bonds. The first-order valence-corrected chi connectivity index (χ1v) is 13.1. The molecule has 3 heterocycles. The Morgan fingerprint density at radius 1 is 0.917 bits per heavy atom. The van der Waals surface area contributed by atoms with Gasteiger partial charge in [0.05, 0.1) is 11.8 Å². The highest BCUT2D eigenvalue weighted by Crippen LogP contribution is 2.38. The largest absolute Gasteiger partial charge is 0.486 e. The molecule has 2 aliphatic heterocycles. The van der Waals surface area contributed by atoms with Crippen LogP contribution in [0.4, 0.5) is 0 Å². The quantitative estimate of drug-likeness (QED) is 0.342. The highest BCUT2D eigenvalue weighted by Gasteiger charge is 2.31. The third kappa shape index (κ3) is 4.44. The van der Waals surface area contributed by atoms with Gasteiger partial charge in [0.2, 0.25) is 5.91 Å². The Hall–Kier alpha value is -3.78. The van der Waals surface area contributed by atoms with Crippen LogP contribution in [0, 0.1) is 0 Å². The Balaban J connectivity index is 1.22. The standard InChI is InChI=1S/C28H26N4O3S/c33-26(31-15-7-12-23(31)21-13-14-24-25(18-21)35-17-16-34-24)19-36-28-30-29-27(20-8-3-1-4-9-20)32(28)22-10-5-2-6-11-22/h1-6,8-11,13-14,18,23H,7,12,15-17,19H2/t23-/m0/s1. The van der Waals surface area contributed by atoms with E-state index in [1.807, 2.05) is 82.3 Å². The van der Waals surface area contributed by atoms with E-state index in [0.717, 1.165) is 53.5 Å². The van der Waals surface area contributed by atoms with E-state index in [9.17, 15) is 4.79 Å². The number of hydrogen-bond acceptors (Lipinski definition) is 6. The second-order valence-corrected chi connectivity index (χ2v) is 9.72. The maximum Gasteiger partial charge on any atom is 0.233 e. The summed E-state index contributed by atoms with van der Waals surface area (Å²) in [5.74, 6) is 2.68. The van der Waals surface area contributed by atoms with Crippen molar-refractivity contribution in [2.75, 3.05) is 25.5 Å². The fourth-order valence-electron chi connectivity index (χ4n) is 4.84. The lowest BCUT2D eigenvalue weighted by Gasteiger charge is -2.26. The van der Waals surface area contributed by atoms with E-state index in [4.69, 9.17) is 9.47 Å². The molecule has 0 radical (unpaired) electrons. The molecule has 6 rings (SSSR count). The number of hydrogen-bond donors (Lipinski definition) is 0. The van der Waals surface area contributed by atoms with Gasteiger partial charge in [0.25, 0.3) is 0 Å². The Kier molecular flexibility index (Phi) is 6.34. The number of ether oxygens (including phenoxy) is 2. The van der Waals surface area contributed by atoms with Crippen molar-refractivity contribution in [3.05, 3.63) is 84.4 Å². The number of amides is 1. The Labute approximate surface area is 214 Å². The van der Waals surface area contributed by atoms with Crippen LogP contribution in [0.2, 0.25) is 0 Å². The molecule has 1 saturated heterocycles. The Bertz CT molecular complexity index is 1360. The second kappa shape index (κ2) is 10.1. The third-order valence-electron chi connectivity index (χ3n) is 6.53. The van der Waals surface area contributed by atoms with Crippen molar-refractivity contribution in [3.63, 3.8) is 0 Å². The number of benzene rings is 3. The average Bonchev–Trinajstić information content (AvgIpc) is 3.60. The number of para-hydroxylation sites is 1. The van der Waals surface area contributed by atoms with Crippen LogP contribution in [-0.4, -0.2) is 51.1 Å². The first kappa shape index (κ1) is 22.7. The van der Waals surface area contributed by atoms with Crippen molar-refractivity contribution in [3.8, 4) is 28.6 Å². The Morgan fingerprint density at radius 2 is 1.67 bits per heavy atom. The molecule has 4 aromatic rings. The predicted octanol–water partition coefficient (Wildman–Crippen LogP) is 5.16. The normalized spacial score (nSPS) is 16.8. The minimum atomic E-state index is 0.0424. The topological polar surface area (TPSA) is 69.5 Å². The summed E-state index contributed by atoms with van der Waals surface area (Å²) in [6.45, 7) is 1.86. The number of carbonyl (C=O) groups is 1. The average molecular weight is 499 g/mol. The van der Waals surface area contributed by atoms with Crippen LogP contribution in [-0.2, 0) is 4.79 Å². The van der Waals surface area contributed by atoms with Gasteiger partial charge in [-0.25, -0.2) is 0 Å². The van der Waals surface area contributed by atoms with E-state index in [1.54, 1.807) is 0 Å². The number of thioether (sulfide) groups is 1. The molecule has 182 valence electrons. The summed E-state index contributed by atoms with van der Waals surface area (Å²) in [5, 5.41) is 9.65. The van der Waals surface area contributed by atoms with Crippen molar-refractivity contribution in [1.29, 1.82) is 0 Å². The summed E-state index contributed by atoms with van der Waals surface area (Å²) >= 11 is 1.43. The van der Waals surface area contributed by atoms with Gasteiger partial charge in [0.15, 0.2) is 22.5 Å². The number of aromatic nitrogens is 3. The molecule has 0 aliphatic carbocycles. The van der Waals surface area contributed by atoms with Gasteiger partial charge >= 0.3 is 0 Å². The van der Waals surface area contributed by atoms with Crippen LogP contribution in [0.25, 0.3) is 17.1 Å². The van der Waals surface area contributed by atoms with Crippen LogP contribution >= 0.6 is 11.8 Å². The van der Waals surface area contributed by atoms with Gasteiger partial charge in [-0.2, -0.15) is 0 Å². The summed E-state index contributed by atoms with van der Waals surface area (Å²) in [6, 6.07) is 26.1. The zero-order valence-electron chi connectivity index (χ0n) is 19.7. The lowest BCUT2D eigenvalue weighted by atomic mass is 10.0. The van der Waals surface area contributed by atoms with Gasteiger partial charge in [-0.05, 0) is 42.7 Å². The number of nitrogens with zero attached hydrogens (tertiary/aromatic N) is 4. The molecular formula is C28H26N4O3S. The van der Waals surface area contributed by atoms with Gasteiger partial charge in [-0.1, -0.05) is 66.4 Å². The van der Waals surface area contributed by atoms with Crippen molar-refractivity contribution >= 4 is 17.7 Å². The lowest BCUT2D eigenvalue weighted by Crippen LogP contribution is -2.32. The van der Waals surface area contributed by atoms with Crippen LogP contribution in [0.3, 0.4) is 0 Å². The molecule has 2 aliphatic rings. The van der Waals surface area contributed by atoms with E-state index in [2.05, 4.69) is 16.3 Å². The second-order valence-electron chi connectivity index (χ2n) is 8.78. The molecule has 1 atom stereocenters. The Morgan fingerprint density at radius 3 is 2.47 bits per heavy atom. The first-order valence-electron chi connectivity index (χ1n) is 12.2. The lowest BCUT2D eigenvalue weighted by molar-refractivity contribution is -0.129. The molecule has 1 fully saturated rings. The molecule has 7 nitrogen and oxygen atoms in total. The van der Waals surface area contributed by atoms with Crippen molar-refractivity contribution in [1.82, 2.24) is 19.7 Å². The molecule has 3 aromatic carbocycles. The number of fused-ring (bicyclic) bond motifs is 1. The zero-order chi connectivity index (χ0) is 24.3. The van der Waals surface area contributed by atoms with Crippen molar-refractivity contribution in [2.24, 2.45) is 0 Å². The molecule has 1 aromatic heterocycles. The molecular weight excluding hydrogens is 472 g/mol. The highest BCUT2D eigenvalue weighted by molar-refractivity contribution is 7.99. The van der Waals surface area contributed by atoms with Crippen LogP contribution in [0.5, 0.6) is 11.5 Å². The summed E-state index contributed by atoms with van der Waals surface area (Å²) in [6.07, 6.45) is 1.92. The van der Waals surface area contributed by atoms with Gasteiger partial charge in [-0.3, -0.25) is 9.36 Å². The monoisotopic (exact) mass is 498 g/mol. The molecule has 0 spiro atoms. The van der Waals surface area contributed by atoms with Gasteiger partial charge < -0.3 is 14.4 Å². The van der Waals surface area contributed by atoms with Gasteiger partial charge in [0.1, 0.15) is 13.2 Å². The van der Waals surface area contributed by atoms with Crippen molar-refractivity contribution < 1.29 is 14.3 Å². The van der Waals surface area contributed by atoms with E-state index in [1.165, 1.54) is 11.8 Å². The minimum absolute atomic E-state index is 0.0424. The van der Waals surface area contributed by atoms with Crippen LogP contribution in [0.15, 0.2) is 84.0 Å². The fourth-order valence-corrected chi connectivity index (χ4v) is 5.67. The summed E-state index contributed by atoms with van der Waals surface area (Å²) in [5.41, 5.74) is 3.03. The zero-order valence-corrected chi connectivity index (χ0v) is 20.6. The van der Waals surface area contributed by atoms with Crippen LogP contribution < -0.4 is 9.47 Å². The first-order chi connectivity index (χ1) is 17.8. The van der Waals surface area contributed by atoms with Gasteiger partial charge in [0, 0.05) is 17.8 Å². The SMILES string of the molecule is O=C(CSc1nnc(-c2ccccc2)n1-c1ccccc1)N1CCC[C@H]1c1ccc2c(c1)OCCO2. The number of rotatable bonds is 6. The maximum absolute atomic E-state index is 13.4. The van der Waals surface area contributed by atoms with E-state index in [0.29, 0.717) is 24.1 Å². The third-order valence-corrected chi connectivity index (χ3v) is 7.44. The molecule has 36 heavy (non-hydrogen) atoms. The number of likely N-dealkylation sites (tertiary alicyclic amines) is 1. The molecule has 8 heteroatoms. The molecule has 0 saturated carbocycles. The fraction of sp³-hybridized carbons (Fsp3) is 0.250. The number of carbonyl (C=O) groups excluding carboxylic acids is 1. The van der Waals surface area contributed by atoms with Crippen molar-refractivity contribution in [2.45, 2.75) is 24.0 Å². The molecule has 0 N–H and O–H groups in total. The highest BCUT2D eigenvalue weighted by atomic mass is 32.2. The predicted molar refractivity (Wildman–Crippen MR) is 139 cm³/mol. The van der Waals surface area contributed by atoms with E-state index >= 15 is 0 Å². The summed E-state index contributed by atoms with van der Waals surface area (Å²) < 4.78 is 13.5. The summed E-state index contributed by atoms with van der Waals surface area (Å²) in [4.78, 5) is 15.4. The summed E-state index contributed by atoms with van der Waals surface area (Å²) in [7, 11) is 0. The molecule has 0 unspecified atom stereocenters. The van der Waals surface area contributed by atoms with Crippen LogP contribution in [0.1, 0.15) is 24.4 Å². The minimum Gasteiger partial charge on any atom is -0.486 e. The van der Waals surface area contributed by atoms with Gasteiger partial charge in [-0.15, -0.1) is 10.2 Å². The maximum atomic E-state index is 13.4.